The lowest BCUT2D eigenvalue weighted by atomic mass is 9.95. The van der Waals surface area contributed by atoms with Crippen LogP contribution in [0.5, 0.6) is 0 Å². The van der Waals surface area contributed by atoms with Gasteiger partial charge in [-0.1, -0.05) is 43.7 Å². The van der Waals surface area contributed by atoms with Crippen LogP contribution >= 0.6 is 0 Å². The molecule has 0 aliphatic heterocycles. The molecule has 0 radical (unpaired) electrons. The van der Waals surface area contributed by atoms with E-state index in [4.69, 9.17) is 5.73 Å². The van der Waals surface area contributed by atoms with Gasteiger partial charge in [-0.05, 0) is 44.3 Å². The molecule has 2 nitrogen and oxygen atoms in total. The van der Waals surface area contributed by atoms with Crippen LogP contribution in [-0.4, -0.2) is 31.6 Å². The van der Waals surface area contributed by atoms with Gasteiger partial charge in [0.25, 0.3) is 0 Å². The van der Waals surface area contributed by atoms with Gasteiger partial charge in [-0.2, -0.15) is 0 Å². The zero-order chi connectivity index (χ0) is 13.5. The third-order valence-corrected chi connectivity index (χ3v) is 3.69. The molecule has 2 N–H and O–H groups in total. The Bertz CT molecular complexity index is 329. The Hall–Kier alpha value is -0.860. The Morgan fingerprint density at radius 1 is 1.17 bits per heavy atom. The Kier molecular flexibility index (Phi) is 6.37. The summed E-state index contributed by atoms with van der Waals surface area (Å²) in [6, 6.07) is 8.83. The lowest BCUT2D eigenvalue weighted by molar-refractivity contribution is 0.242. The van der Waals surface area contributed by atoms with Crippen LogP contribution in [0.1, 0.15) is 25.0 Å². The number of likely N-dealkylation sites (N-methyl/N-ethyl adjacent to an activating group) is 1. The molecule has 1 atom stereocenters. The molecule has 18 heavy (non-hydrogen) atoms. The molecule has 102 valence electrons. The van der Waals surface area contributed by atoms with Crippen molar-refractivity contribution in [1.82, 2.24) is 4.90 Å². The molecule has 1 unspecified atom stereocenters. The van der Waals surface area contributed by atoms with Crippen LogP contribution in [0.2, 0.25) is 0 Å². The SMILES string of the molecule is Cc1ccc(CCN(C)CC(CN)C(C)C)cc1. The van der Waals surface area contributed by atoms with Crippen molar-refractivity contribution in [3.63, 3.8) is 0 Å². The van der Waals surface area contributed by atoms with E-state index in [0.717, 1.165) is 26.1 Å². The van der Waals surface area contributed by atoms with E-state index < -0.39 is 0 Å². The van der Waals surface area contributed by atoms with E-state index >= 15 is 0 Å². The molecule has 0 heterocycles. The van der Waals surface area contributed by atoms with E-state index in [1.165, 1.54) is 11.1 Å². The number of nitrogens with two attached hydrogens (primary N) is 1. The summed E-state index contributed by atoms with van der Waals surface area (Å²) in [6.45, 7) is 9.62. The predicted molar refractivity (Wildman–Crippen MR) is 79.8 cm³/mol. The molecule has 0 amide bonds. The summed E-state index contributed by atoms with van der Waals surface area (Å²) in [5.74, 6) is 1.27. The monoisotopic (exact) mass is 248 g/mol. The molecule has 0 aliphatic carbocycles. The number of benzene rings is 1. The highest BCUT2D eigenvalue weighted by molar-refractivity contribution is 5.21. The minimum atomic E-state index is 0.605. The molecule has 0 saturated heterocycles. The highest BCUT2D eigenvalue weighted by atomic mass is 15.1. The first-order chi connectivity index (χ1) is 8.52. The Morgan fingerprint density at radius 2 is 1.78 bits per heavy atom. The Labute approximate surface area is 112 Å². The van der Waals surface area contributed by atoms with Gasteiger partial charge in [-0.15, -0.1) is 0 Å². The minimum Gasteiger partial charge on any atom is -0.330 e. The fraction of sp³-hybridized carbons (Fsp3) is 0.625. The molecule has 1 aromatic carbocycles. The van der Waals surface area contributed by atoms with Gasteiger partial charge in [-0.25, -0.2) is 0 Å². The van der Waals surface area contributed by atoms with Crippen LogP contribution < -0.4 is 5.73 Å². The number of hydrogen-bond acceptors (Lipinski definition) is 2. The van der Waals surface area contributed by atoms with Gasteiger partial charge in [0.2, 0.25) is 0 Å². The first kappa shape index (κ1) is 15.2. The number of rotatable bonds is 7. The van der Waals surface area contributed by atoms with Crippen molar-refractivity contribution < 1.29 is 0 Å². The van der Waals surface area contributed by atoms with Crippen molar-refractivity contribution in [3.05, 3.63) is 35.4 Å². The second-order valence-electron chi connectivity index (χ2n) is 5.74. The van der Waals surface area contributed by atoms with E-state index in [9.17, 15) is 0 Å². The Balaban J connectivity index is 2.36. The topological polar surface area (TPSA) is 29.3 Å². The zero-order valence-corrected chi connectivity index (χ0v) is 12.3. The van der Waals surface area contributed by atoms with E-state index in [2.05, 4.69) is 57.0 Å². The molecule has 0 aliphatic rings. The van der Waals surface area contributed by atoms with Crippen LogP contribution in [0.25, 0.3) is 0 Å². The van der Waals surface area contributed by atoms with Gasteiger partial charge in [0.1, 0.15) is 0 Å². The largest absolute Gasteiger partial charge is 0.330 e. The molecule has 0 fully saturated rings. The van der Waals surface area contributed by atoms with Crippen LogP contribution in [0.3, 0.4) is 0 Å². The highest BCUT2D eigenvalue weighted by Gasteiger charge is 2.13. The van der Waals surface area contributed by atoms with Crippen molar-refractivity contribution in [3.8, 4) is 0 Å². The smallest absolute Gasteiger partial charge is 0.00212 e. The maximum absolute atomic E-state index is 5.82. The van der Waals surface area contributed by atoms with Crippen molar-refractivity contribution >= 4 is 0 Å². The maximum Gasteiger partial charge on any atom is 0.00212 e. The van der Waals surface area contributed by atoms with E-state index in [1.807, 2.05) is 0 Å². The fourth-order valence-electron chi connectivity index (χ4n) is 2.12. The summed E-state index contributed by atoms with van der Waals surface area (Å²) >= 11 is 0. The number of aryl methyl sites for hydroxylation is 1. The van der Waals surface area contributed by atoms with E-state index in [1.54, 1.807) is 0 Å². The zero-order valence-electron chi connectivity index (χ0n) is 12.3. The number of hydrogen-bond donors (Lipinski definition) is 1. The lowest BCUT2D eigenvalue weighted by Gasteiger charge is -2.25. The summed E-state index contributed by atoms with van der Waals surface area (Å²) < 4.78 is 0. The maximum atomic E-state index is 5.82. The quantitative estimate of drug-likeness (QED) is 0.804. The summed E-state index contributed by atoms with van der Waals surface area (Å²) in [6.07, 6.45) is 1.12. The summed E-state index contributed by atoms with van der Waals surface area (Å²) in [7, 11) is 2.19. The first-order valence-electron chi connectivity index (χ1n) is 6.97. The molecule has 1 rings (SSSR count). The first-order valence-corrected chi connectivity index (χ1v) is 6.97. The molecule has 1 aromatic rings. The molecule has 0 spiro atoms. The molecular weight excluding hydrogens is 220 g/mol. The molecule has 0 aromatic heterocycles. The fourth-order valence-corrected chi connectivity index (χ4v) is 2.12. The predicted octanol–water partition coefficient (Wildman–Crippen LogP) is 2.70. The molecular formula is C16H28N2. The number of nitrogens with zero attached hydrogens (tertiary/aromatic N) is 1. The van der Waals surface area contributed by atoms with Crippen molar-refractivity contribution in [2.24, 2.45) is 17.6 Å². The van der Waals surface area contributed by atoms with Gasteiger partial charge in [0.05, 0.1) is 0 Å². The van der Waals surface area contributed by atoms with Crippen molar-refractivity contribution in [2.45, 2.75) is 27.2 Å². The molecule has 0 bridgehead atoms. The third kappa shape index (κ3) is 5.19. The second-order valence-corrected chi connectivity index (χ2v) is 5.74. The van der Waals surface area contributed by atoms with E-state index in [0.29, 0.717) is 11.8 Å². The average Bonchev–Trinajstić information content (AvgIpc) is 2.35. The molecule has 0 saturated carbocycles. The van der Waals surface area contributed by atoms with Gasteiger partial charge in [0, 0.05) is 13.1 Å². The van der Waals surface area contributed by atoms with Crippen LogP contribution in [-0.2, 0) is 6.42 Å². The minimum absolute atomic E-state index is 0.605. The van der Waals surface area contributed by atoms with Gasteiger partial charge >= 0.3 is 0 Å². The summed E-state index contributed by atoms with van der Waals surface area (Å²) in [4.78, 5) is 2.40. The summed E-state index contributed by atoms with van der Waals surface area (Å²) in [5.41, 5.74) is 8.57. The van der Waals surface area contributed by atoms with Crippen molar-refractivity contribution in [1.29, 1.82) is 0 Å². The lowest BCUT2D eigenvalue weighted by Crippen LogP contribution is -2.34. The normalized spacial score (nSPS) is 13.3. The van der Waals surface area contributed by atoms with Gasteiger partial charge in [0.15, 0.2) is 0 Å². The van der Waals surface area contributed by atoms with Crippen LogP contribution in [0.15, 0.2) is 24.3 Å². The van der Waals surface area contributed by atoms with E-state index in [-0.39, 0.29) is 0 Å². The van der Waals surface area contributed by atoms with Crippen LogP contribution in [0.4, 0.5) is 0 Å². The van der Waals surface area contributed by atoms with Crippen LogP contribution in [0, 0.1) is 18.8 Å². The average molecular weight is 248 g/mol. The standard InChI is InChI=1S/C16H28N2/c1-13(2)16(11-17)12-18(4)10-9-15-7-5-14(3)6-8-15/h5-8,13,16H,9-12,17H2,1-4H3. The molecule has 2 heteroatoms. The van der Waals surface area contributed by atoms with Gasteiger partial charge < -0.3 is 10.6 Å². The Morgan fingerprint density at radius 3 is 2.28 bits per heavy atom. The summed E-state index contributed by atoms with van der Waals surface area (Å²) in [5, 5.41) is 0. The second kappa shape index (κ2) is 7.55. The highest BCUT2D eigenvalue weighted by Crippen LogP contribution is 2.11. The van der Waals surface area contributed by atoms with Crippen molar-refractivity contribution in [2.75, 3.05) is 26.7 Å². The third-order valence-electron chi connectivity index (χ3n) is 3.69. The van der Waals surface area contributed by atoms with Gasteiger partial charge in [-0.3, -0.25) is 0 Å².